The van der Waals surface area contributed by atoms with Crippen molar-refractivity contribution in [2.24, 2.45) is 0 Å². The van der Waals surface area contributed by atoms with Gasteiger partial charge in [0, 0.05) is 25.4 Å². The molecule has 3 rings (SSSR count). The van der Waals surface area contributed by atoms with E-state index in [-0.39, 0.29) is 17.6 Å². The molecule has 0 unspecified atom stereocenters. The Hall–Kier alpha value is -2.58. The van der Waals surface area contributed by atoms with Crippen LogP contribution in [0.15, 0.2) is 28.8 Å². The van der Waals surface area contributed by atoms with Gasteiger partial charge >= 0.3 is 12.1 Å². The summed E-state index contributed by atoms with van der Waals surface area (Å²) in [5, 5.41) is 3.41. The molecule has 140 valence electrons. The predicted octanol–water partition coefficient (Wildman–Crippen LogP) is 3.05. The first-order valence-electron chi connectivity index (χ1n) is 8.18. The number of hydrogen-bond donors (Lipinski definition) is 0. The molecular formula is C17H18F3N3O3. The number of ether oxygens (including phenoxy) is 1. The monoisotopic (exact) mass is 369 g/mol. The number of amides is 1. The first-order chi connectivity index (χ1) is 12.4. The molecule has 2 heterocycles. The molecule has 1 fully saturated rings. The molecule has 9 heteroatoms. The zero-order valence-electron chi connectivity index (χ0n) is 14.1. The Kier molecular flexibility index (Phi) is 5.15. The molecule has 1 atom stereocenters. The van der Waals surface area contributed by atoms with Crippen LogP contribution in [0.2, 0.25) is 0 Å². The number of aromatic nitrogens is 2. The van der Waals surface area contributed by atoms with Crippen LogP contribution in [-0.4, -0.2) is 41.1 Å². The molecule has 0 radical (unpaired) electrons. The normalized spacial score (nSPS) is 17.5. The van der Waals surface area contributed by atoms with Crippen LogP contribution >= 0.6 is 0 Å². The molecule has 6 nitrogen and oxygen atoms in total. The molecule has 1 amide bonds. The van der Waals surface area contributed by atoms with Gasteiger partial charge in [-0.05, 0) is 30.5 Å². The molecule has 1 aromatic heterocycles. The third-order valence-corrected chi connectivity index (χ3v) is 4.35. The molecule has 2 aromatic rings. The van der Waals surface area contributed by atoms with Gasteiger partial charge in [0.25, 0.3) is 0 Å². The number of hydrogen-bond acceptors (Lipinski definition) is 5. The van der Waals surface area contributed by atoms with E-state index in [4.69, 9.17) is 4.74 Å². The Morgan fingerprint density at radius 1 is 1.42 bits per heavy atom. The van der Waals surface area contributed by atoms with Gasteiger partial charge in [-0.25, -0.2) is 0 Å². The van der Waals surface area contributed by atoms with E-state index in [0.717, 1.165) is 11.3 Å². The number of rotatable bonds is 5. The van der Waals surface area contributed by atoms with Crippen LogP contribution in [-0.2, 0) is 17.4 Å². The lowest BCUT2D eigenvalue weighted by molar-refractivity contribution is -0.159. The zero-order chi connectivity index (χ0) is 18.7. The minimum absolute atomic E-state index is 0.000390. The molecule has 26 heavy (non-hydrogen) atoms. The van der Waals surface area contributed by atoms with Crippen molar-refractivity contribution in [3.05, 3.63) is 41.5 Å². The summed E-state index contributed by atoms with van der Waals surface area (Å²) in [6.45, 7) is 0.769. The Morgan fingerprint density at radius 2 is 2.23 bits per heavy atom. The van der Waals surface area contributed by atoms with Gasteiger partial charge in [0.05, 0.1) is 7.11 Å². The summed E-state index contributed by atoms with van der Waals surface area (Å²) in [7, 11) is 1.58. The predicted molar refractivity (Wildman–Crippen MR) is 84.6 cm³/mol. The average Bonchev–Trinajstić information content (AvgIpc) is 3.28. The first kappa shape index (κ1) is 18.2. The third-order valence-electron chi connectivity index (χ3n) is 4.35. The number of carbonyl (C=O) groups excluding carboxylic acids is 1. The van der Waals surface area contributed by atoms with Crippen molar-refractivity contribution in [3.8, 4) is 5.75 Å². The highest BCUT2D eigenvalue weighted by molar-refractivity contribution is 5.76. The van der Waals surface area contributed by atoms with Crippen molar-refractivity contribution in [2.45, 2.75) is 31.4 Å². The van der Waals surface area contributed by atoms with Crippen LogP contribution < -0.4 is 4.74 Å². The SMILES string of the molecule is COc1cccc(CCC(=O)N2CC[C@H](c3noc(C(F)(F)F)n3)C2)c1. The molecule has 1 saturated heterocycles. The number of alkyl halides is 3. The van der Waals surface area contributed by atoms with E-state index >= 15 is 0 Å². The summed E-state index contributed by atoms with van der Waals surface area (Å²) in [5.41, 5.74) is 0.987. The maximum Gasteiger partial charge on any atom is 0.471 e. The van der Waals surface area contributed by atoms with E-state index in [1.807, 2.05) is 24.3 Å². The van der Waals surface area contributed by atoms with Gasteiger partial charge in [-0.1, -0.05) is 17.3 Å². The minimum Gasteiger partial charge on any atom is -0.497 e. The van der Waals surface area contributed by atoms with E-state index in [1.165, 1.54) is 0 Å². The number of carbonyl (C=O) groups is 1. The highest BCUT2D eigenvalue weighted by atomic mass is 19.4. The standard InChI is InChI=1S/C17H18F3N3O3/c1-25-13-4-2-3-11(9-13)5-6-14(24)23-8-7-12(10-23)15-21-16(26-22-15)17(18,19)20/h2-4,9,12H,5-8,10H2,1H3/t12-/m0/s1. The van der Waals surface area contributed by atoms with Gasteiger partial charge in [-0.15, -0.1) is 0 Å². The quantitative estimate of drug-likeness (QED) is 0.810. The minimum atomic E-state index is -4.66. The lowest BCUT2D eigenvalue weighted by Gasteiger charge is -2.16. The molecule has 1 aromatic carbocycles. The molecule has 0 spiro atoms. The Bertz CT molecular complexity index is 776. The summed E-state index contributed by atoms with van der Waals surface area (Å²) in [4.78, 5) is 17.4. The van der Waals surface area contributed by atoms with Crippen molar-refractivity contribution < 1.29 is 27.2 Å². The van der Waals surface area contributed by atoms with Gasteiger partial charge in [0.2, 0.25) is 5.91 Å². The second-order valence-electron chi connectivity index (χ2n) is 6.13. The van der Waals surface area contributed by atoms with E-state index in [2.05, 4.69) is 14.7 Å². The van der Waals surface area contributed by atoms with Crippen molar-refractivity contribution in [1.82, 2.24) is 15.0 Å². The molecule has 1 aliphatic rings. The largest absolute Gasteiger partial charge is 0.497 e. The lowest BCUT2D eigenvalue weighted by Crippen LogP contribution is -2.28. The van der Waals surface area contributed by atoms with E-state index in [1.54, 1.807) is 12.0 Å². The highest BCUT2D eigenvalue weighted by Gasteiger charge is 2.40. The second kappa shape index (κ2) is 7.35. The van der Waals surface area contributed by atoms with Crippen LogP contribution in [0.1, 0.15) is 36.0 Å². The molecule has 0 aliphatic carbocycles. The summed E-state index contributed by atoms with van der Waals surface area (Å²) >= 11 is 0. The molecular weight excluding hydrogens is 351 g/mol. The average molecular weight is 369 g/mol. The maximum absolute atomic E-state index is 12.5. The van der Waals surface area contributed by atoms with Gasteiger partial charge in [-0.3, -0.25) is 4.79 Å². The zero-order valence-corrected chi connectivity index (χ0v) is 14.1. The van der Waals surface area contributed by atoms with Crippen molar-refractivity contribution in [3.63, 3.8) is 0 Å². The van der Waals surface area contributed by atoms with E-state index < -0.39 is 12.1 Å². The third kappa shape index (κ3) is 4.14. The fourth-order valence-electron chi connectivity index (χ4n) is 2.95. The van der Waals surface area contributed by atoms with Crippen molar-refractivity contribution in [1.29, 1.82) is 0 Å². The Morgan fingerprint density at radius 3 is 2.92 bits per heavy atom. The Labute approximate surface area is 147 Å². The maximum atomic E-state index is 12.5. The van der Waals surface area contributed by atoms with E-state index in [9.17, 15) is 18.0 Å². The van der Waals surface area contributed by atoms with E-state index in [0.29, 0.717) is 32.4 Å². The highest BCUT2D eigenvalue weighted by Crippen LogP contribution is 2.31. The second-order valence-corrected chi connectivity index (χ2v) is 6.13. The number of nitrogens with zero attached hydrogens (tertiary/aromatic N) is 3. The summed E-state index contributed by atoms with van der Waals surface area (Å²) in [6, 6.07) is 7.48. The van der Waals surface area contributed by atoms with Gasteiger partial charge < -0.3 is 14.2 Å². The van der Waals surface area contributed by atoms with Crippen LogP contribution in [0.4, 0.5) is 13.2 Å². The number of methoxy groups -OCH3 is 1. The first-order valence-corrected chi connectivity index (χ1v) is 8.18. The Balaban J connectivity index is 1.54. The van der Waals surface area contributed by atoms with Crippen LogP contribution in [0.25, 0.3) is 0 Å². The van der Waals surface area contributed by atoms with Crippen LogP contribution in [0.3, 0.4) is 0 Å². The summed E-state index contributed by atoms with van der Waals surface area (Å²) < 4.78 is 47.0. The fraction of sp³-hybridized carbons (Fsp3) is 0.471. The van der Waals surface area contributed by atoms with Crippen LogP contribution in [0, 0.1) is 0 Å². The lowest BCUT2D eigenvalue weighted by atomic mass is 10.1. The number of aryl methyl sites for hydroxylation is 1. The molecule has 0 saturated carbocycles. The fourth-order valence-corrected chi connectivity index (χ4v) is 2.95. The molecule has 0 N–H and O–H groups in total. The number of halogens is 3. The van der Waals surface area contributed by atoms with Gasteiger partial charge in [0.15, 0.2) is 5.82 Å². The van der Waals surface area contributed by atoms with Crippen molar-refractivity contribution >= 4 is 5.91 Å². The molecule has 1 aliphatic heterocycles. The van der Waals surface area contributed by atoms with Gasteiger partial charge in [-0.2, -0.15) is 18.2 Å². The van der Waals surface area contributed by atoms with Crippen molar-refractivity contribution in [2.75, 3.05) is 20.2 Å². The molecule has 0 bridgehead atoms. The summed E-state index contributed by atoms with van der Waals surface area (Å²) in [6.07, 6.45) is -3.25. The van der Waals surface area contributed by atoms with Crippen LogP contribution in [0.5, 0.6) is 5.75 Å². The summed E-state index contributed by atoms with van der Waals surface area (Å²) in [5.74, 6) is -1.00. The number of likely N-dealkylation sites (tertiary alicyclic amines) is 1. The smallest absolute Gasteiger partial charge is 0.471 e. The topological polar surface area (TPSA) is 68.5 Å². The number of benzene rings is 1. The van der Waals surface area contributed by atoms with Gasteiger partial charge in [0.1, 0.15) is 5.75 Å².